The van der Waals surface area contributed by atoms with Crippen LogP contribution in [0.3, 0.4) is 0 Å². The number of likely N-dealkylation sites (tertiary alicyclic amines) is 1. The molecule has 0 saturated carbocycles. The lowest BCUT2D eigenvalue weighted by molar-refractivity contribution is -0.133. The first kappa shape index (κ1) is 22.3. The van der Waals surface area contributed by atoms with Gasteiger partial charge in [0.15, 0.2) is 19.7 Å². The van der Waals surface area contributed by atoms with Gasteiger partial charge >= 0.3 is 0 Å². The molecule has 1 saturated heterocycles. The molecular weight excluding hydrogens is 426 g/mol. The van der Waals surface area contributed by atoms with Crippen molar-refractivity contribution in [3.8, 4) is 5.75 Å². The molecule has 0 spiro atoms. The van der Waals surface area contributed by atoms with Crippen LogP contribution < -0.4 is 4.74 Å². The van der Waals surface area contributed by atoms with E-state index >= 15 is 0 Å². The third-order valence-corrected chi connectivity index (χ3v) is 9.53. The van der Waals surface area contributed by atoms with E-state index in [1.807, 2.05) is 0 Å². The molecule has 0 radical (unpaired) electrons. The van der Waals surface area contributed by atoms with Crippen molar-refractivity contribution in [1.82, 2.24) is 4.90 Å². The SMILES string of the molecule is COc1ccc(S(=O)(=O)C2CN(C(=O)Cc3ccc(S(=O)(=O)C(C)C)cc3)C2)cc1. The van der Waals surface area contributed by atoms with Gasteiger partial charge in [0.05, 0.1) is 28.6 Å². The third kappa shape index (κ3) is 4.37. The van der Waals surface area contributed by atoms with Crippen LogP contribution in [0.1, 0.15) is 19.4 Å². The maximum absolute atomic E-state index is 12.7. The van der Waals surface area contributed by atoms with E-state index in [4.69, 9.17) is 4.74 Å². The van der Waals surface area contributed by atoms with E-state index in [9.17, 15) is 21.6 Å². The van der Waals surface area contributed by atoms with E-state index in [2.05, 4.69) is 0 Å². The highest BCUT2D eigenvalue weighted by atomic mass is 32.2. The topological polar surface area (TPSA) is 97.8 Å². The number of hydrogen-bond donors (Lipinski definition) is 0. The Kier molecular flexibility index (Phi) is 6.24. The van der Waals surface area contributed by atoms with Crippen molar-refractivity contribution in [2.45, 2.75) is 40.6 Å². The average molecular weight is 452 g/mol. The molecule has 1 heterocycles. The molecule has 1 aliphatic heterocycles. The fourth-order valence-electron chi connectivity index (χ4n) is 3.15. The summed E-state index contributed by atoms with van der Waals surface area (Å²) in [5.41, 5.74) is 0.684. The predicted octanol–water partition coefficient (Wildman–Crippen LogP) is 2.10. The summed E-state index contributed by atoms with van der Waals surface area (Å²) in [6.07, 6.45) is 0.0946. The smallest absolute Gasteiger partial charge is 0.227 e. The summed E-state index contributed by atoms with van der Waals surface area (Å²) in [5, 5.41) is -1.15. The Morgan fingerprint density at radius 3 is 2.00 bits per heavy atom. The monoisotopic (exact) mass is 451 g/mol. The number of carbonyl (C=O) groups is 1. The molecule has 0 N–H and O–H groups in total. The summed E-state index contributed by atoms with van der Waals surface area (Å²) in [4.78, 5) is 14.4. The fourth-order valence-corrected chi connectivity index (χ4v) is 5.86. The standard InChI is InChI=1S/C21H25NO6S2/c1-15(2)29(24,25)18-8-4-16(5-9-18)12-21(23)22-13-20(14-22)30(26,27)19-10-6-17(28-3)7-11-19/h4-11,15,20H,12-14H2,1-3H3. The second kappa shape index (κ2) is 8.39. The first-order valence-electron chi connectivity index (χ1n) is 9.54. The average Bonchev–Trinajstić information content (AvgIpc) is 2.67. The number of carbonyl (C=O) groups excluding carboxylic acids is 1. The van der Waals surface area contributed by atoms with Crippen LogP contribution in [0.2, 0.25) is 0 Å². The molecule has 0 atom stereocenters. The number of amides is 1. The van der Waals surface area contributed by atoms with Crippen LogP contribution in [0.25, 0.3) is 0 Å². The quantitative estimate of drug-likeness (QED) is 0.640. The molecule has 7 nitrogen and oxygen atoms in total. The van der Waals surface area contributed by atoms with Gasteiger partial charge in [0.1, 0.15) is 11.0 Å². The molecule has 162 valence electrons. The van der Waals surface area contributed by atoms with E-state index in [1.165, 1.54) is 36.3 Å². The number of rotatable bonds is 7. The fraction of sp³-hybridized carbons (Fsp3) is 0.381. The normalized spacial score (nSPS) is 15.1. The lowest BCUT2D eigenvalue weighted by Crippen LogP contribution is -2.57. The van der Waals surface area contributed by atoms with Gasteiger partial charge < -0.3 is 9.64 Å². The van der Waals surface area contributed by atoms with Crippen LogP contribution in [0, 0.1) is 0 Å². The largest absolute Gasteiger partial charge is 0.497 e. The van der Waals surface area contributed by atoms with E-state index in [0.29, 0.717) is 11.3 Å². The van der Waals surface area contributed by atoms with Gasteiger partial charge in [0, 0.05) is 13.1 Å². The Morgan fingerprint density at radius 2 is 1.50 bits per heavy atom. The van der Waals surface area contributed by atoms with Crippen molar-refractivity contribution in [2.75, 3.05) is 20.2 Å². The van der Waals surface area contributed by atoms with Crippen LogP contribution in [0.15, 0.2) is 58.3 Å². The van der Waals surface area contributed by atoms with Crippen molar-refractivity contribution < 1.29 is 26.4 Å². The molecule has 1 aliphatic rings. The van der Waals surface area contributed by atoms with Gasteiger partial charge in [-0.3, -0.25) is 4.79 Å². The van der Waals surface area contributed by atoms with Gasteiger partial charge in [-0.1, -0.05) is 12.1 Å². The Labute approximate surface area is 177 Å². The molecule has 0 bridgehead atoms. The minimum Gasteiger partial charge on any atom is -0.497 e. The highest BCUT2D eigenvalue weighted by Crippen LogP contribution is 2.26. The van der Waals surface area contributed by atoms with Gasteiger partial charge in [0.2, 0.25) is 5.91 Å². The summed E-state index contributed by atoms with van der Waals surface area (Å²) in [6.45, 7) is 3.53. The van der Waals surface area contributed by atoms with Crippen LogP contribution in [0.5, 0.6) is 5.75 Å². The molecule has 2 aromatic rings. The molecule has 0 unspecified atom stereocenters. The van der Waals surface area contributed by atoms with Crippen molar-refractivity contribution >= 4 is 25.6 Å². The maximum atomic E-state index is 12.7. The summed E-state index contributed by atoms with van der Waals surface area (Å²) in [5.74, 6) is 0.391. The zero-order chi connectivity index (χ0) is 22.1. The first-order valence-corrected chi connectivity index (χ1v) is 12.6. The van der Waals surface area contributed by atoms with Crippen LogP contribution in [0.4, 0.5) is 0 Å². The van der Waals surface area contributed by atoms with E-state index < -0.39 is 30.2 Å². The van der Waals surface area contributed by atoms with Gasteiger partial charge in [-0.25, -0.2) is 16.8 Å². The molecule has 0 aliphatic carbocycles. The van der Waals surface area contributed by atoms with Crippen molar-refractivity contribution in [3.05, 3.63) is 54.1 Å². The number of methoxy groups -OCH3 is 1. The summed E-state index contributed by atoms with van der Waals surface area (Å²) < 4.78 is 54.8. The minimum atomic E-state index is -3.51. The van der Waals surface area contributed by atoms with Crippen LogP contribution >= 0.6 is 0 Å². The van der Waals surface area contributed by atoms with Crippen molar-refractivity contribution in [3.63, 3.8) is 0 Å². The van der Waals surface area contributed by atoms with Gasteiger partial charge in [0.25, 0.3) is 0 Å². The van der Waals surface area contributed by atoms with Crippen LogP contribution in [-0.2, 0) is 30.9 Å². The van der Waals surface area contributed by atoms with E-state index in [-0.39, 0.29) is 35.2 Å². The van der Waals surface area contributed by atoms with Crippen LogP contribution in [-0.4, -0.2) is 58.3 Å². The summed E-state index contributed by atoms with van der Waals surface area (Å²) >= 11 is 0. The predicted molar refractivity (Wildman–Crippen MR) is 113 cm³/mol. The molecule has 1 amide bonds. The molecule has 0 aromatic heterocycles. The van der Waals surface area contributed by atoms with E-state index in [1.54, 1.807) is 38.1 Å². The molecular formula is C21H25NO6S2. The summed E-state index contributed by atoms with van der Waals surface area (Å²) in [7, 11) is -5.36. The Balaban J connectivity index is 1.60. The Morgan fingerprint density at radius 1 is 0.967 bits per heavy atom. The molecule has 9 heteroatoms. The highest BCUT2D eigenvalue weighted by molar-refractivity contribution is 7.92. The zero-order valence-electron chi connectivity index (χ0n) is 17.1. The second-order valence-electron chi connectivity index (χ2n) is 7.56. The van der Waals surface area contributed by atoms with Gasteiger partial charge in [-0.15, -0.1) is 0 Å². The molecule has 30 heavy (non-hydrogen) atoms. The number of hydrogen-bond acceptors (Lipinski definition) is 6. The Bertz CT molecular complexity index is 1120. The Hall–Kier alpha value is -2.39. The third-order valence-electron chi connectivity index (χ3n) is 5.26. The minimum absolute atomic E-state index is 0.0946. The van der Waals surface area contributed by atoms with Crippen molar-refractivity contribution in [2.24, 2.45) is 0 Å². The number of nitrogens with zero attached hydrogens (tertiary/aromatic N) is 1. The van der Waals surface area contributed by atoms with E-state index in [0.717, 1.165) is 0 Å². The zero-order valence-corrected chi connectivity index (χ0v) is 18.7. The lowest BCUT2D eigenvalue weighted by atomic mass is 10.1. The van der Waals surface area contributed by atoms with Gasteiger partial charge in [-0.2, -0.15) is 0 Å². The number of ether oxygens (including phenoxy) is 1. The highest BCUT2D eigenvalue weighted by Gasteiger charge is 2.40. The second-order valence-corrected chi connectivity index (χ2v) is 12.3. The van der Waals surface area contributed by atoms with Gasteiger partial charge in [-0.05, 0) is 55.8 Å². The molecule has 1 fully saturated rings. The molecule has 2 aromatic carbocycles. The lowest BCUT2D eigenvalue weighted by Gasteiger charge is -2.38. The van der Waals surface area contributed by atoms with Crippen molar-refractivity contribution in [1.29, 1.82) is 0 Å². The summed E-state index contributed by atoms with van der Waals surface area (Å²) in [6, 6.07) is 12.5. The maximum Gasteiger partial charge on any atom is 0.227 e. The molecule has 3 rings (SSSR count). The number of benzene rings is 2. The number of sulfone groups is 2. The first-order chi connectivity index (χ1) is 14.1.